The van der Waals surface area contributed by atoms with Crippen molar-refractivity contribution in [3.63, 3.8) is 0 Å². The Hall–Kier alpha value is -2.20. The maximum Gasteiger partial charge on any atom is 0.416 e. The van der Waals surface area contributed by atoms with Gasteiger partial charge >= 0.3 is 6.18 Å². The summed E-state index contributed by atoms with van der Waals surface area (Å²) in [5.74, 6) is -0.533. The fourth-order valence-corrected chi connectivity index (χ4v) is 4.64. The minimum absolute atomic E-state index is 0.0397. The van der Waals surface area contributed by atoms with Gasteiger partial charge in [-0.25, -0.2) is 4.98 Å². The van der Waals surface area contributed by atoms with Crippen molar-refractivity contribution >= 4 is 44.2 Å². The molecule has 5 nitrogen and oxygen atoms in total. The van der Waals surface area contributed by atoms with Crippen LogP contribution in [0.25, 0.3) is 10.2 Å². The monoisotopic (exact) mass is 469 g/mol. The Bertz CT molecular complexity index is 1080. The third-order valence-corrected chi connectivity index (χ3v) is 6.36. The normalized spacial score (nSPS) is 15.4. The third-order valence-electron chi connectivity index (χ3n) is 5.01. The SMILES string of the molecule is O=C(c1cccc(C(F)(F)F)c1)N(CCN1CCOCC1)c1nc2c(Cl)cccc2s1. The predicted molar refractivity (Wildman–Crippen MR) is 115 cm³/mol. The van der Waals surface area contributed by atoms with E-state index in [0.29, 0.717) is 35.4 Å². The summed E-state index contributed by atoms with van der Waals surface area (Å²) >= 11 is 7.52. The maximum atomic E-state index is 13.3. The first-order chi connectivity index (χ1) is 14.8. The Balaban J connectivity index is 1.67. The van der Waals surface area contributed by atoms with Crippen molar-refractivity contribution in [1.29, 1.82) is 0 Å². The van der Waals surface area contributed by atoms with Crippen molar-refractivity contribution in [3.05, 3.63) is 58.6 Å². The van der Waals surface area contributed by atoms with E-state index in [-0.39, 0.29) is 12.1 Å². The van der Waals surface area contributed by atoms with Gasteiger partial charge < -0.3 is 4.74 Å². The minimum atomic E-state index is -4.53. The molecule has 0 spiro atoms. The number of halogens is 4. The molecule has 1 amide bonds. The number of hydrogen-bond donors (Lipinski definition) is 0. The van der Waals surface area contributed by atoms with Gasteiger partial charge in [0.2, 0.25) is 0 Å². The van der Waals surface area contributed by atoms with Crippen molar-refractivity contribution in [2.45, 2.75) is 6.18 Å². The molecule has 0 radical (unpaired) electrons. The van der Waals surface area contributed by atoms with Gasteiger partial charge in [-0.1, -0.05) is 35.1 Å². The van der Waals surface area contributed by atoms with Gasteiger partial charge in [-0.05, 0) is 30.3 Å². The highest BCUT2D eigenvalue weighted by atomic mass is 35.5. The van der Waals surface area contributed by atoms with Crippen LogP contribution in [0.15, 0.2) is 42.5 Å². The molecule has 0 bridgehead atoms. The Morgan fingerprint density at radius 2 is 1.94 bits per heavy atom. The lowest BCUT2D eigenvalue weighted by atomic mass is 10.1. The number of amides is 1. The van der Waals surface area contributed by atoms with Gasteiger partial charge in [-0.2, -0.15) is 13.2 Å². The van der Waals surface area contributed by atoms with Crippen LogP contribution in [0.1, 0.15) is 15.9 Å². The number of hydrogen-bond acceptors (Lipinski definition) is 5. The van der Waals surface area contributed by atoms with E-state index in [1.54, 1.807) is 12.1 Å². The second-order valence-corrected chi connectivity index (χ2v) is 8.49. The highest BCUT2D eigenvalue weighted by Crippen LogP contribution is 2.34. The predicted octanol–water partition coefficient (Wildman–Crippen LogP) is 4.95. The van der Waals surface area contributed by atoms with Gasteiger partial charge in [0.15, 0.2) is 5.13 Å². The molecule has 1 saturated heterocycles. The van der Waals surface area contributed by atoms with Crippen LogP contribution in [-0.4, -0.2) is 55.2 Å². The number of benzene rings is 2. The molecule has 0 saturated carbocycles. The molecule has 0 N–H and O–H groups in total. The van der Waals surface area contributed by atoms with E-state index in [1.165, 1.54) is 28.4 Å². The second kappa shape index (κ2) is 9.12. The van der Waals surface area contributed by atoms with Gasteiger partial charge in [0.05, 0.1) is 28.5 Å². The summed E-state index contributed by atoms with van der Waals surface area (Å²) in [6, 6.07) is 9.80. The molecular weight excluding hydrogens is 451 g/mol. The molecule has 1 fully saturated rings. The van der Waals surface area contributed by atoms with E-state index < -0.39 is 17.6 Å². The average Bonchev–Trinajstić information content (AvgIpc) is 3.19. The van der Waals surface area contributed by atoms with Gasteiger partial charge in [-0.3, -0.25) is 14.6 Å². The number of para-hydroxylation sites is 1. The second-order valence-electron chi connectivity index (χ2n) is 7.07. The van der Waals surface area contributed by atoms with Crippen molar-refractivity contribution in [3.8, 4) is 0 Å². The van der Waals surface area contributed by atoms with E-state index in [4.69, 9.17) is 16.3 Å². The largest absolute Gasteiger partial charge is 0.416 e. The number of aromatic nitrogens is 1. The molecule has 1 aliphatic rings. The van der Waals surface area contributed by atoms with Crippen molar-refractivity contribution in [2.75, 3.05) is 44.3 Å². The number of morpholine rings is 1. The number of thiazole rings is 1. The van der Waals surface area contributed by atoms with Crippen molar-refractivity contribution in [2.24, 2.45) is 0 Å². The summed E-state index contributed by atoms with van der Waals surface area (Å²) < 4.78 is 45.6. The molecule has 0 aliphatic carbocycles. The summed E-state index contributed by atoms with van der Waals surface area (Å²) in [4.78, 5) is 21.4. The number of anilines is 1. The molecular formula is C21H19ClF3N3O2S. The lowest BCUT2D eigenvalue weighted by Crippen LogP contribution is -2.43. The number of rotatable bonds is 5. The molecule has 31 heavy (non-hydrogen) atoms. The van der Waals surface area contributed by atoms with Crippen LogP contribution in [0, 0.1) is 0 Å². The fourth-order valence-electron chi connectivity index (χ4n) is 3.35. The molecule has 2 heterocycles. The van der Waals surface area contributed by atoms with Crippen LogP contribution < -0.4 is 4.90 Å². The molecule has 0 unspecified atom stereocenters. The maximum absolute atomic E-state index is 13.3. The average molecular weight is 470 g/mol. The Kier molecular flexibility index (Phi) is 6.47. The fraction of sp³-hybridized carbons (Fsp3) is 0.333. The van der Waals surface area contributed by atoms with Crippen molar-refractivity contribution < 1.29 is 22.7 Å². The lowest BCUT2D eigenvalue weighted by molar-refractivity contribution is -0.137. The van der Waals surface area contributed by atoms with E-state index >= 15 is 0 Å². The molecule has 3 aromatic rings. The van der Waals surface area contributed by atoms with E-state index in [0.717, 1.165) is 29.9 Å². The summed E-state index contributed by atoms with van der Waals surface area (Å²) in [5.41, 5.74) is -0.335. The summed E-state index contributed by atoms with van der Waals surface area (Å²) in [6.07, 6.45) is -4.53. The van der Waals surface area contributed by atoms with Crippen molar-refractivity contribution in [1.82, 2.24) is 9.88 Å². The molecule has 2 aromatic carbocycles. The standard InChI is InChI=1S/C21H19ClF3N3O2S/c22-16-5-2-6-17-18(16)26-20(31-17)28(8-7-27-9-11-30-12-10-27)19(29)14-3-1-4-15(13-14)21(23,24)25/h1-6,13H,7-12H2. The first kappa shape index (κ1) is 22.0. The number of alkyl halides is 3. The van der Waals surface area contributed by atoms with Crippen LogP contribution in [0.4, 0.5) is 18.3 Å². The zero-order valence-electron chi connectivity index (χ0n) is 16.4. The van der Waals surface area contributed by atoms with Crippen LogP contribution in [0.2, 0.25) is 5.02 Å². The molecule has 1 aromatic heterocycles. The number of carbonyl (C=O) groups is 1. The van der Waals surface area contributed by atoms with Gasteiger partial charge in [0, 0.05) is 31.7 Å². The quantitative estimate of drug-likeness (QED) is 0.530. The molecule has 1 aliphatic heterocycles. The number of carbonyl (C=O) groups excluding carboxylic acids is 1. The van der Waals surface area contributed by atoms with Gasteiger partial charge in [0.1, 0.15) is 5.52 Å². The molecule has 164 valence electrons. The molecule has 0 atom stereocenters. The van der Waals surface area contributed by atoms with Gasteiger partial charge in [0.25, 0.3) is 5.91 Å². The van der Waals surface area contributed by atoms with Gasteiger partial charge in [-0.15, -0.1) is 0 Å². The number of fused-ring (bicyclic) bond motifs is 1. The minimum Gasteiger partial charge on any atom is -0.379 e. The number of ether oxygens (including phenoxy) is 1. The highest BCUT2D eigenvalue weighted by molar-refractivity contribution is 7.22. The highest BCUT2D eigenvalue weighted by Gasteiger charge is 2.32. The Labute approximate surface area is 186 Å². The molecule has 4 rings (SSSR count). The summed E-state index contributed by atoms with van der Waals surface area (Å²) in [5, 5.41) is 0.860. The van der Waals surface area contributed by atoms with E-state index in [9.17, 15) is 18.0 Å². The molecule has 10 heteroatoms. The lowest BCUT2D eigenvalue weighted by Gasteiger charge is -2.29. The number of nitrogens with zero attached hydrogens (tertiary/aromatic N) is 3. The van der Waals surface area contributed by atoms with E-state index in [2.05, 4.69) is 9.88 Å². The third kappa shape index (κ3) is 5.01. The topological polar surface area (TPSA) is 45.7 Å². The van der Waals surface area contributed by atoms with Crippen LogP contribution >= 0.6 is 22.9 Å². The zero-order valence-corrected chi connectivity index (χ0v) is 17.9. The Morgan fingerprint density at radius 3 is 2.65 bits per heavy atom. The smallest absolute Gasteiger partial charge is 0.379 e. The van der Waals surface area contributed by atoms with Crippen LogP contribution in [0.5, 0.6) is 0 Å². The summed E-state index contributed by atoms with van der Waals surface area (Å²) in [7, 11) is 0. The van der Waals surface area contributed by atoms with Crippen LogP contribution in [-0.2, 0) is 10.9 Å². The first-order valence-corrected chi connectivity index (χ1v) is 10.9. The van der Waals surface area contributed by atoms with E-state index in [1.807, 2.05) is 6.07 Å². The zero-order chi connectivity index (χ0) is 22.0. The van der Waals surface area contributed by atoms with Crippen LogP contribution in [0.3, 0.4) is 0 Å². The Morgan fingerprint density at radius 1 is 1.19 bits per heavy atom. The first-order valence-electron chi connectivity index (χ1n) is 9.67. The summed E-state index contributed by atoms with van der Waals surface area (Å²) in [6.45, 7) is 3.52.